The molecular formula is C34H50BrF6NO2. The van der Waals surface area contributed by atoms with Crippen molar-refractivity contribution < 1.29 is 36.6 Å². The quantitative estimate of drug-likeness (QED) is 0.150. The summed E-state index contributed by atoms with van der Waals surface area (Å²) in [6.45, 7) is 5.76. The Bertz CT molecular complexity index is 1110. The molecule has 3 aliphatic rings. The third-order valence-corrected chi connectivity index (χ3v) is 12.5. The Morgan fingerprint density at radius 3 is 2.23 bits per heavy atom. The van der Waals surface area contributed by atoms with Crippen molar-refractivity contribution in [3.8, 4) is 5.75 Å². The summed E-state index contributed by atoms with van der Waals surface area (Å²) in [6, 6.07) is 3.58. The molecule has 0 amide bonds. The highest BCUT2D eigenvalue weighted by Crippen LogP contribution is 2.66. The number of nitrogens with zero attached hydrogens (tertiary/aromatic N) is 1. The maximum absolute atomic E-state index is 16.2. The molecule has 0 aliphatic heterocycles. The monoisotopic (exact) mass is 697 g/mol. The summed E-state index contributed by atoms with van der Waals surface area (Å²) in [6.07, 6.45) is 1.75. The number of hydrogen-bond acceptors (Lipinski definition) is 3. The zero-order chi connectivity index (χ0) is 32.5. The molecule has 7 atom stereocenters. The smallest absolute Gasteiger partial charge is 0.453 e. The number of aliphatic hydroxyl groups is 1. The number of hydrogen-bond donors (Lipinski definition) is 2. The molecule has 252 valence electrons. The molecule has 0 heterocycles. The first-order valence-corrected chi connectivity index (χ1v) is 17.3. The van der Waals surface area contributed by atoms with Crippen LogP contribution < -0.4 is 0 Å². The maximum Gasteiger partial charge on any atom is 0.453 e. The van der Waals surface area contributed by atoms with Gasteiger partial charge in [0.15, 0.2) is 0 Å². The molecule has 0 bridgehead atoms. The van der Waals surface area contributed by atoms with Crippen molar-refractivity contribution in [1.82, 2.24) is 4.90 Å². The number of halogens is 7. The standard InChI is InChI=1S/C34H50BrF6NO2/c1-31-21-26(36)29-23-13-14-27(43)30(35)24(23)20-22(28(29)25(31)15-17-32(31,2)44)12-8-7-11-19-42(3)18-10-6-4-5-9-16-33(37,38)34(39,40)41/h13-14,22,25-26,28-29,43-44H,4-12,15-21H2,1-3H3/t22-,25+,26+,28+,29+,31+,32-/m1/s1. The lowest BCUT2D eigenvalue weighted by Crippen LogP contribution is -2.55. The number of rotatable bonds is 14. The van der Waals surface area contributed by atoms with Crippen molar-refractivity contribution >= 4 is 15.9 Å². The Kier molecular flexibility index (Phi) is 11.4. The second-order valence-electron chi connectivity index (χ2n) is 14.5. The van der Waals surface area contributed by atoms with Gasteiger partial charge in [-0.2, -0.15) is 22.0 Å². The van der Waals surface area contributed by atoms with E-state index in [2.05, 4.69) is 27.8 Å². The third-order valence-electron chi connectivity index (χ3n) is 11.6. The lowest BCUT2D eigenvalue weighted by molar-refractivity contribution is -0.284. The Morgan fingerprint density at radius 1 is 0.955 bits per heavy atom. The fourth-order valence-corrected chi connectivity index (χ4v) is 9.31. The van der Waals surface area contributed by atoms with Gasteiger partial charge in [0, 0.05) is 17.8 Å². The number of fused-ring (bicyclic) bond motifs is 5. The number of phenolic OH excluding ortho intramolecular Hbond substituents is 1. The van der Waals surface area contributed by atoms with Crippen LogP contribution in [0.25, 0.3) is 0 Å². The third kappa shape index (κ3) is 7.42. The van der Waals surface area contributed by atoms with Gasteiger partial charge in [-0.15, -0.1) is 0 Å². The summed E-state index contributed by atoms with van der Waals surface area (Å²) >= 11 is 3.59. The van der Waals surface area contributed by atoms with Crippen LogP contribution in [0.5, 0.6) is 5.75 Å². The van der Waals surface area contributed by atoms with E-state index in [1.165, 1.54) is 0 Å². The van der Waals surface area contributed by atoms with Crippen LogP contribution in [0.15, 0.2) is 16.6 Å². The SMILES string of the molecule is CN(CCCCCCCC(F)(F)C(F)(F)F)CCCCC[C@@H]1Cc2c(ccc(O)c2Br)[C@@H]2[C@@H]1[C@@H]1CC[C@@](C)(O)[C@@]1(C)C[C@@H]2F. The Labute approximate surface area is 267 Å². The van der Waals surface area contributed by atoms with E-state index in [1.807, 2.05) is 20.0 Å². The first-order chi connectivity index (χ1) is 20.5. The molecular weight excluding hydrogens is 648 g/mol. The highest BCUT2D eigenvalue weighted by molar-refractivity contribution is 9.10. The second kappa shape index (κ2) is 14.0. The molecule has 2 N–H and O–H groups in total. The Balaban J connectivity index is 1.24. The van der Waals surface area contributed by atoms with Gasteiger partial charge in [0.1, 0.15) is 11.9 Å². The van der Waals surface area contributed by atoms with Gasteiger partial charge < -0.3 is 15.1 Å². The van der Waals surface area contributed by atoms with Crippen LogP contribution in [0.2, 0.25) is 0 Å². The van der Waals surface area contributed by atoms with Gasteiger partial charge in [0.2, 0.25) is 0 Å². The molecule has 3 nitrogen and oxygen atoms in total. The molecule has 1 aromatic carbocycles. The average molecular weight is 699 g/mol. The zero-order valence-electron chi connectivity index (χ0n) is 26.3. The van der Waals surface area contributed by atoms with Gasteiger partial charge in [-0.25, -0.2) is 4.39 Å². The van der Waals surface area contributed by atoms with Gasteiger partial charge in [-0.1, -0.05) is 45.1 Å². The summed E-state index contributed by atoms with van der Waals surface area (Å²) in [7, 11) is 2.05. The van der Waals surface area contributed by atoms with E-state index in [-0.39, 0.29) is 35.8 Å². The van der Waals surface area contributed by atoms with Gasteiger partial charge in [0.25, 0.3) is 0 Å². The van der Waals surface area contributed by atoms with Crippen molar-refractivity contribution in [2.24, 2.45) is 23.2 Å². The fourth-order valence-electron chi connectivity index (χ4n) is 8.79. The highest BCUT2D eigenvalue weighted by Gasteiger charge is 2.64. The van der Waals surface area contributed by atoms with Crippen LogP contribution in [0.3, 0.4) is 0 Å². The minimum Gasteiger partial charge on any atom is -0.507 e. The molecule has 0 unspecified atom stereocenters. The number of benzene rings is 1. The van der Waals surface area contributed by atoms with E-state index in [0.717, 1.165) is 75.6 Å². The molecule has 2 saturated carbocycles. The molecule has 3 aliphatic carbocycles. The summed E-state index contributed by atoms with van der Waals surface area (Å²) in [5.41, 5.74) is 0.715. The molecule has 1 aromatic rings. The molecule has 2 fully saturated rings. The largest absolute Gasteiger partial charge is 0.507 e. The van der Waals surface area contributed by atoms with Crippen molar-refractivity contribution in [1.29, 1.82) is 0 Å². The lowest BCUT2D eigenvalue weighted by Gasteiger charge is -2.56. The first kappa shape index (κ1) is 35.8. The molecule has 4 rings (SSSR count). The molecule has 44 heavy (non-hydrogen) atoms. The molecule has 0 saturated heterocycles. The van der Waals surface area contributed by atoms with Crippen LogP contribution in [0.1, 0.15) is 114 Å². The van der Waals surface area contributed by atoms with Gasteiger partial charge in [-0.3, -0.25) is 0 Å². The number of phenols is 1. The van der Waals surface area contributed by atoms with Gasteiger partial charge in [0.05, 0.1) is 10.1 Å². The topological polar surface area (TPSA) is 43.7 Å². The summed E-state index contributed by atoms with van der Waals surface area (Å²) in [5.74, 6) is -3.94. The molecule has 0 spiro atoms. The second-order valence-corrected chi connectivity index (χ2v) is 15.3. The normalized spacial score (nSPS) is 32.0. The highest BCUT2D eigenvalue weighted by atomic mass is 79.9. The zero-order valence-corrected chi connectivity index (χ0v) is 27.9. The van der Waals surface area contributed by atoms with Crippen molar-refractivity contribution in [3.63, 3.8) is 0 Å². The maximum atomic E-state index is 16.2. The van der Waals surface area contributed by atoms with Crippen LogP contribution in [-0.4, -0.2) is 59.1 Å². The minimum atomic E-state index is -5.46. The van der Waals surface area contributed by atoms with Gasteiger partial charge in [-0.05, 0) is 129 Å². The Morgan fingerprint density at radius 2 is 1.57 bits per heavy atom. The van der Waals surface area contributed by atoms with E-state index in [4.69, 9.17) is 0 Å². The van der Waals surface area contributed by atoms with Crippen LogP contribution in [-0.2, 0) is 6.42 Å². The predicted octanol–water partition coefficient (Wildman–Crippen LogP) is 9.97. The molecule has 0 radical (unpaired) electrons. The molecule has 10 heteroatoms. The summed E-state index contributed by atoms with van der Waals surface area (Å²) in [4.78, 5) is 2.24. The number of aromatic hydroxyl groups is 1. The molecule has 0 aromatic heterocycles. The van der Waals surface area contributed by atoms with E-state index in [9.17, 15) is 32.2 Å². The van der Waals surface area contributed by atoms with E-state index >= 15 is 4.39 Å². The van der Waals surface area contributed by atoms with Crippen LogP contribution >= 0.6 is 15.9 Å². The van der Waals surface area contributed by atoms with Crippen LogP contribution in [0.4, 0.5) is 26.3 Å². The van der Waals surface area contributed by atoms with E-state index < -0.39 is 35.7 Å². The summed E-state index contributed by atoms with van der Waals surface area (Å²) in [5, 5.41) is 21.7. The number of unbranched alkanes of at least 4 members (excludes halogenated alkanes) is 6. The van der Waals surface area contributed by atoms with Crippen LogP contribution in [0, 0.1) is 23.2 Å². The van der Waals surface area contributed by atoms with Crippen molar-refractivity contribution in [3.05, 3.63) is 27.7 Å². The predicted molar refractivity (Wildman–Crippen MR) is 165 cm³/mol. The van der Waals surface area contributed by atoms with Crippen molar-refractivity contribution in [2.45, 2.75) is 134 Å². The number of alkyl halides is 6. The van der Waals surface area contributed by atoms with E-state index in [0.29, 0.717) is 30.2 Å². The lowest BCUT2D eigenvalue weighted by atomic mass is 9.50. The summed E-state index contributed by atoms with van der Waals surface area (Å²) < 4.78 is 79.6. The minimum absolute atomic E-state index is 0.125. The van der Waals surface area contributed by atoms with Gasteiger partial charge >= 0.3 is 12.1 Å². The first-order valence-electron chi connectivity index (χ1n) is 16.5. The van der Waals surface area contributed by atoms with E-state index in [1.54, 1.807) is 6.07 Å². The van der Waals surface area contributed by atoms with Crippen molar-refractivity contribution in [2.75, 3.05) is 20.1 Å². The Hall–Kier alpha value is -1.00. The average Bonchev–Trinajstić information content (AvgIpc) is 3.17. The fraction of sp³-hybridized carbons (Fsp3) is 0.824.